The van der Waals surface area contributed by atoms with E-state index in [9.17, 15) is 22.8 Å². The molecule has 0 aromatic heterocycles. The number of nitrogens with zero attached hydrogens (tertiary/aromatic N) is 2. The van der Waals surface area contributed by atoms with Crippen molar-refractivity contribution in [2.45, 2.75) is 57.5 Å². The van der Waals surface area contributed by atoms with Crippen LogP contribution in [0.4, 0.5) is 0 Å². The van der Waals surface area contributed by atoms with Crippen molar-refractivity contribution >= 4 is 27.7 Å². The van der Waals surface area contributed by atoms with Gasteiger partial charge in [-0.2, -0.15) is 0 Å². The Bertz CT molecular complexity index is 1180. The van der Waals surface area contributed by atoms with Gasteiger partial charge < -0.3 is 10.2 Å². The number of sulfonamides is 1. The van der Waals surface area contributed by atoms with Gasteiger partial charge in [-0.25, -0.2) is 12.7 Å². The fourth-order valence-electron chi connectivity index (χ4n) is 3.92. The van der Waals surface area contributed by atoms with Gasteiger partial charge in [0.25, 0.3) is 15.9 Å². The molecule has 1 heterocycles. The van der Waals surface area contributed by atoms with Crippen molar-refractivity contribution in [2.24, 2.45) is 0 Å². The molecular weight excluding hydrogens is 454 g/mol. The zero-order chi connectivity index (χ0) is 24.9. The summed E-state index contributed by atoms with van der Waals surface area (Å²) < 4.78 is 26.4. The molecule has 182 valence electrons. The number of benzene rings is 2. The Morgan fingerprint density at radius 2 is 1.85 bits per heavy atom. The predicted octanol–water partition coefficient (Wildman–Crippen LogP) is 2.86. The van der Waals surface area contributed by atoms with Crippen LogP contribution in [0, 0.1) is 6.92 Å². The average molecular weight is 486 g/mol. The zero-order valence-electron chi connectivity index (χ0n) is 19.8. The van der Waals surface area contributed by atoms with Crippen molar-refractivity contribution in [1.82, 2.24) is 14.5 Å². The van der Waals surface area contributed by atoms with Crippen molar-refractivity contribution in [1.29, 1.82) is 0 Å². The van der Waals surface area contributed by atoms with Crippen LogP contribution < -0.4 is 5.32 Å². The van der Waals surface area contributed by atoms with E-state index in [-0.39, 0.29) is 35.9 Å². The van der Waals surface area contributed by atoms with Gasteiger partial charge in [0.15, 0.2) is 0 Å². The smallest absolute Gasteiger partial charge is 0.269 e. The molecule has 0 spiro atoms. The first kappa shape index (κ1) is 25.4. The van der Waals surface area contributed by atoms with E-state index in [1.165, 1.54) is 17.0 Å². The van der Waals surface area contributed by atoms with Crippen LogP contribution in [0.3, 0.4) is 0 Å². The van der Waals surface area contributed by atoms with Crippen LogP contribution >= 0.6 is 0 Å². The second-order valence-electron chi connectivity index (χ2n) is 8.46. The first-order valence-electron chi connectivity index (χ1n) is 11.5. The van der Waals surface area contributed by atoms with Crippen LogP contribution in [0.25, 0.3) is 0 Å². The van der Waals surface area contributed by atoms with Crippen molar-refractivity contribution in [3.63, 3.8) is 0 Å². The van der Waals surface area contributed by atoms with Gasteiger partial charge in [0, 0.05) is 26.1 Å². The van der Waals surface area contributed by atoms with Crippen LogP contribution in [0.2, 0.25) is 0 Å². The standard InChI is InChI=1S/C25H31N3O5S/c1-4-5-14-26-24(30)19(3)27(17-20-10-8-9-18(2)16-20)23(29)13-15-28-25(31)21-11-6-7-12-22(21)34(28,32)33/h6-12,16,19H,4-5,13-15,17H2,1-3H3,(H,26,30)/t19-/m0/s1. The number of carbonyl (C=O) groups excluding carboxylic acids is 3. The van der Waals surface area contributed by atoms with Gasteiger partial charge in [0.2, 0.25) is 11.8 Å². The van der Waals surface area contributed by atoms with Gasteiger partial charge in [-0.05, 0) is 38.0 Å². The minimum Gasteiger partial charge on any atom is -0.354 e. The highest BCUT2D eigenvalue weighted by Gasteiger charge is 2.41. The second-order valence-corrected chi connectivity index (χ2v) is 10.3. The van der Waals surface area contributed by atoms with E-state index < -0.39 is 27.9 Å². The van der Waals surface area contributed by atoms with Crippen LogP contribution in [0.5, 0.6) is 0 Å². The van der Waals surface area contributed by atoms with Gasteiger partial charge in [-0.3, -0.25) is 14.4 Å². The number of hydrogen-bond acceptors (Lipinski definition) is 5. The minimum absolute atomic E-state index is 0.0484. The molecule has 1 aliphatic heterocycles. The van der Waals surface area contributed by atoms with Gasteiger partial charge in [-0.15, -0.1) is 0 Å². The summed E-state index contributed by atoms with van der Waals surface area (Å²) in [7, 11) is -4.00. The normalized spacial score (nSPS) is 15.0. The minimum atomic E-state index is -4.00. The summed E-state index contributed by atoms with van der Waals surface area (Å²) in [5.41, 5.74) is 1.99. The van der Waals surface area contributed by atoms with Gasteiger partial charge in [-0.1, -0.05) is 55.3 Å². The molecule has 34 heavy (non-hydrogen) atoms. The number of nitrogens with one attached hydrogen (secondary N) is 1. The quantitative estimate of drug-likeness (QED) is 0.521. The molecule has 0 saturated heterocycles. The summed E-state index contributed by atoms with van der Waals surface area (Å²) >= 11 is 0. The molecule has 1 atom stereocenters. The summed E-state index contributed by atoms with van der Waals surface area (Å²) in [5.74, 6) is -1.32. The van der Waals surface area contributed by atoms with E-state index in [1.54, 1.807) is 19.1 Å². The molecule has 0 aliphatic carbocycles. The molecule has 8 nitrogen and oxygen atoms in total. The fraction of sp³-hybridized carbons (Fsp3) is 0.400. The Kier molecular flexibility index (Phi) is 8.09. The van der Waals surface area contributed by atoms with E-state index >= 15 is 0 Å². The molecule has 0 radical (unpaired) electrons. The molecule has 2 aromatic rings. The number of amides is 3. The zero-order valence-corrected chi connectivity index (χ0v) is 20.6. The monoisotopic (exact) mass is 485 g/mol. The van der Waals surface area contributed by atoms with Crippen molar-refractivity contribution < 1.29 is 22.8 Å². The van der Waals surface area contributed by atoms with Gasteiger partial charge in [0.05, 0.1) is 5.56 Å². The van der Waals surface area contributed by atoms with Crippen molar-refractivity contribution in [2.75, 3.05) is 13.1 Å². The third-order valence-corrected chi connectivity index (χ3v) is 7.71. The molecule has 0 bridgehead atoms. The average Bonchev–Trinajstić information content (AvgIpc) is 3.00. The fourth-order valence-corrected chi connectivity index (χ4v) is 5.49. The maximum absolute atomic E-state index is 13.3. The lowest BCUT2D eigenvalue weighted by molar-refractivity contribution is -0.140. The van der Waals surface area contributed by atoms with E-state index in [2.05, 4.69) is 5.32 Å². The molecule has 9 heteroatoms. The third-order valence-electron chi connectivity index (χ3n) is 5.87. The van der Waals surface area contributed by atoms with Crippen LogP contribution in [-0.4, -0.2) is 54.5 Å². The van der Waals surface area contributed by atoms with Crippen molar-refractivity contribution in [3.05, 3.63) is 65.2 Å². The van der Waals surface area contributed by atoms with Gasteiger partial charge >= 0.3 is 0 Å². The maximum Gasteiger partial charge on any atom is 0.269 e. The summed E-state index contributed by atoms with van der Waals surface area (Å²) in [6, 6.07) is 12.9. The lowest BCUT2D eigenvalue weighted by atomic mass is 10.1. The molecular formula is C25H31N3O5S. The first-order valence-corrected chi connectivity index (χ1v) is 12.9. The van der Waals surface area contributed by atoms with E-state index in [1.807, 2.05) is 38.1 Å². The van der Waals surface area contributed by atoms with Crippen LogP contribution in [-0.2, 0) is 26.2 Å². The summed E-state index contributed by atoms with van der Waals surface area (Å²) in [6.07, 6.45) is 1.54. The molecule has 0 unspecified atom stereocenters. The topological polar surface area (TPSA) is 104 Å². The molecule has 3 rings (SSSR count). The molecule has 2 aromatic carbocycles. The summed E-state index contributed by atoms with van der Waals surface area (Å²) in [5, 5.41) is 2.85. The van der Waals surface area contributed by atoms with Crippen LogP contribution in [0.1, 0.15) is 54.6 Å². The Morgan fingerprint density at radius 1 is 1.12 bits per heavy atom. The Labute approximate surface area is 201 Å². The highest BCUT2D eigenvalue weighted by Crippen LogP contribution is 2.30. The maximum atomic E-state index is 13.3. The number of hydrogen-bond donors (Lipinski definition) is 1. The molecule has 1 N–H and O–H groups in total. The third kappa shape index (κ3) is 5.47. The van der Waals surface area contributed by atoms with Crippen LogP contribution in [0.15, 0.2) is 53.4 Å². The van der Waals surface area contributed by atoms with Gasteiger partial charge in [0.1, 0.15) is 10.9 Å². The number of carbonyl (C=O) groups is 3. The number of fused-ring (bicyclic) bond motifs is 1. The molecule has 0 fully saturated rings. The number of rotatable bonds is 10. The largest absolute Gasteiger partial charge is 0.354 e. The summed E-state index contributed by atoms with van der Waals surface area (Å²) in [6.45, 7) is 6.05. The van der Waals surface area contributed by atoms with E-state index in [0.717, 1.165) is 28.3 Å². The number of unbranched alkanes of at least 4 members (excludes halogenated alkanes) is 1. The lowest BCUT2D eigenvalue weighted by Gasteiger charge is -2.29. The molecule has 1 aliphatic rings. The SMILES string of the molecule is CCCCNC(=O)[C@H](C)N(Cc1cccc(C)c1)C(=O)CCN1C(=O)c2ccccc2S1(=O)=O. The Morgan fingerprint density at radius 3 is 2.53 bits per heavy atom. The van der Waals surface area contributed by atoms with E-state index in [0.29, 0.717) is 6.54 Å². The lowest BCUT2D eigenvalue weighted by Crippen LogP contribution is -2.48. The number of aryl methyl sites for hydroxylation is 1. The molecule has 3 amide bonds. The highest BCUT2D eigenvalue weighted by atomic mass is 32.2. The molecule has 0 saturated carbocycles. The highest BCUT2D eigenvalue weighted by molar-refractivity contribution is 7.90. The second kappa shape index (κ2) is 10.8. The van der Waals surface area contributed by atoms with Crippen molar-refractivity contribution in [3.8, 4) is 0 Å². The first-order chi connectivity index (χ1) is 16.2. The Hall–Kier alpha value is -3.20. The summed E-state index contributed by atoms with van der Waals surface area (Å²) in [4.78, 5) is 40.1. The Balaban J connectivity index is 1.77. The predicted molar refractivity (Wildman–Crippen MR) is 128 cm³/mol. The van der Waals surface area contributed by atoms with E-state index in [4.69, 9.17) is 0 Å².